The maximum Gasteiger partial charge on any atom is 0.410 e. The van der Waals surface area contributed by atoms with Crippen LogP contribution < -0.4 is 5.32 Å². The van der Waals surface area contributed by atoms with Crippen molar-refractivity contribution in [1.82, 2.24) is 24.3 Å². The van der Waals surface area contributed by atoms with Crippen LogP contribution in [0, 0.1) is 0 Å². The highest BCUT2D eigenvalue weighted by Gasteiger charge is 2.27. The molecule has 0 unspecified atom stereocenters. The largest absolute Gasteiger partial charge is 0.444 e. The number of piperazine rings is 1. The zero-order valence-corrected chi connectivity index (χ0v) is 25.6. The summed E-state index contributed by atoms with van der Waals surface area (Å²) in [7, 11) is 0. The van der Waals surface area contributed by atoms with Gasteiger partial charge in [-0.25, -0.2) is 18.6 Å². The molecule has 1 aliphatic heterocycles. The lowest BCUT2D eigenvalue weighted by Crippen LogP contribution is -2.49. The van der Waals surface area contributed by atoms with Crippen molar-refractivity contribution in [2.75, 3.05) is 31.5 Å². The van der Waals surface area contributed by atoms with Crippen molar-refractivity contribution in [3.05, 3.63) is 42.2 Å². The minimum absolute atomic E-state index is 0.194. The van der Waals surface area contributed by atoms with Crippen LogP contribution in [-0.2, 0) is 11.3 Å². The van der Waals surface area contributed by atoms with Gasteiger partial charge in [0.15, 0.2) is 0 Å². The van der Waals surface area contributed by atoms with E-state index < -0.39 is 18.1 Å². The standard InChI is InChI=1S/C32H44F2N6O3/c1-21(17-28(33)34)36-30-35-18-26-27(20-40(29(26)37-30)24-9-11-25(41)12-10-24)23-7-5-22(6-8-23)19-38-13-15-39(16-14-38)31(42)43-32(2,3)4/h5-8,18,20-21,24-25,28,41H,9-17,19H2,1-4H3,(H,35,36,37)/t21-,24-,25-/m0/s1. The van der Waals surface area contributed by atoms with Gasteiger partial charge < -0.3 is 24.6 Å². The normalized spacial score (nSPS) is 20.9. The molecule has 11 heteroatoms. The van der Waals surface area contributed by atoms with E-state index in [0.717, 1.165) is 67.5 Å². The Morgan fingerprint density at radius 2 is 1.77 bits per heavy atom. The second-order valence-corrected chi connectivity index (χ2v) is 13.0. The average Bonchev–Trinajstić information content (AvgIpc) is 3.32. The molecular weight excluding hydrogens is 554 g/mol. The molecule has 0 radical (unpaired) electrons. The van der Waals surface area contributed by atoms with Crippen molar-refractivity contribution in [1.29, 1.82) is 0 Å². The molecule has 3 heterocycles. The first-order valence-corrected chi connectivity index (χ1v) is 15.3. The van der Waals surface area contributed by atoms with E-state index in [1.54, 1.807) is 18.0 Å². The fourth-order valence-corrected chi connectivity index (χ4v) is 5.95. The number of benzene rings is 1. The maximum atomic E-state index is 12.9. The third-order valence-corrected chi connectivity index (χ3v) is 8.23. The molecule has 9 nitrogen and oxygen atoms in total. The molecule has 1 saturated carbocycles. The minimum Gasteiger partial charge on any atom is -0.444 e. The van der Waals surface area contributed by atoms with Gasteiger partial charge in [0.25, 0.3) is 0 Å². The summed E-state index contributed by atoms with van der Waals surface area (Å²) >= 11 is 0. The smallest absolute Gasteiger partial charge is 0.410 e. The summed E-state index contributed by atoms with van der Waals surface area (Å²) in [5.41, 5.74) is 3.53. The molecule has 2 N–H and O–H groups in total. The SMILES string of the molecule is C[C@@H](CC(F)F)Nc1ncc2c(-c3ccc(CN4CCN(C(=O)OC(C)(C)C)CC4)cc3)cn([C@H]3CC[C@H](O)CC3)c2n1. The van der Waals surface area contributed by atoms with Gasteiger partial charge in [-0.2, -0.15) is 4.98 Å². The van der Waals surface area contributed by atoms with Crippen LogP contribution in [0.25, 0.3) is 22.2 Å². The van der Waals surface area contributed by atoms with Gasteiger partial charge in [-0.15, -0.1) is 0 Å². The van der Waals surface area contributed by atoms with Gasteiger partial charge in [-0.05, 0) is 64.5 Å². The zero-order valence-electron chi connectivity index (χ0n) is 25.6. The molecule has 1 atom stereocenters. The third kappa shape index (κ3) is 8.00. The Labute approximate surface area is 252 Å². The van der Waals surface area contributed by atoms with Gasteiger partial charge in [0, 0.05) is 74.6 Å². The summed E-state index contributed by atoms with van der Waals surface area (Å²) < 4.78 is 33.5. The molecule has 2 fully saturated rings. The van der Waals surface area contributed by atoms with Crippen LogP contribution in [0.15, 0.2) is 36.7 Å². The molecule has 2 aliphatic rings. The molecule has 3 aromatic rings. The van der Waals surface area contributed by atoms with Crippen molar-refractivity contribution >= 4 is 23.1 Å². The molecular formula is C32H44F2N6O3. The number of rotatable bonds is 8. The maximum absolute atomic E-state index is 12.9. The summed E-state index contributed by atoms with van der Waals surface area (Å²) in [5, 5.41) is 14.0. The number of hydrogen-bond donors (Lipinski definition) is 2. The number of anilines is 1. The van der Waals surface area contributed by atoms with Crippen LogP contribution in [-0.4, -0.2) is 85.9 Å². The second kappa shape index (κ2) is 13.1. The molecule has 234 valence electrons. The van der Waals surface area contributed by atoms with E-state index >= 15 is 0 Å². The van der Waals surface area contributed by atoms with Crippen molar-refractivity contribution in [3.8, 4) is 11.1 Å². The van der Waals surface area contributed by atoms with Gasteiger partial charge in [0.05, 0.1) is 6.10 Å². The summed E-state index contributed by atoms with van der Waals surface area (Å²) in [6.45, 7) is 11.0. The second-order valence-electron chi connectivity index (χ2n) is 13.0. The summed E-state index contributed by atoms with van der Waals surface area (Å²) in [5.74, 6) is 0.338. The molecule has 1 amide bonds. The van der Waals surface area contributed by atoms with Crippen molar-refractivity contribution in [2.45, 2.75) is 96.6 Å². The molecule has 1 aromatic carbocycles. The van der Waals surface area contributed by atoms with E-state index in [9.17, 15) is 18.7 Å². The average molecular weight is 599 g/mol. The number of halogens is 2. The lowest BCUT2D eigenvalue weighted by atomic mass is 9.93. The Morgan fingerprint density at radius 3 is 2.40 bits per heavy atom. The Bertz CT molecular complexity index is 1370. The van der Waals surface area contributed by atoms with E-state index in [1.165, 1.54) is 5.56 Å². The highest BCUT2D eigenvalue weighted by Crippen LogP contribution is 2.37. The number of carbonyl (C=O) groups is 1. The molecule has 2 aromatic heterocycles. The van der Waals surface area contributed by atoms with Crippen LogP contribution in [0.5, 0.6) is 0 Å². The molecule has 1 saturated heterocycles. The number of ether oxygens (including phenoxy) is 1. The fraction of sp³-hybridized carbons (Fsp3) is 0.594. The highest BCUT2D eigenvalue weighted by atomic mass is 19.3. The first-order chi connectivity index (χ1) is 20.4. The number of amides is 1. The summed E-state index contributed by atoms with van der Waals surface area (Å²) in [4.78, 5) is 25.8. The van der Waals surface area contributed by atoms with Crippen molar-refractivity contribution in [2.24, 2.45) is 0 Å². The quantitative estimate of drug-likeness (QED) is 0.324. The van der Waals surface area contributed by atoms with Crippen LogP contribution in [0.3, 0.4) is 0 Å². The van der Waals surface area contributed by atoms with Crippen molar-refractivity contribution in [3.63, 3.8) is 0 Å². The Balaban J connectivity index is 1.31. The van der Waals surface area contributed by atoms with Crippen LogP contribution in [0.2, 0.25) is 0 Å². The van der Waals surface area contributed by atoms with Gasteiger partial charge in [0.1, 0.15) is 11.2 Å². The minimum atomic E-state index is -2.40. The number of carbonyl (C=O) groups excluding carboxylic acids is 1. The van der Waals surface area contributed by atoms with Gasteiger partial charge >= 0.3 is 6.09 Å². The number of hydrogen-bond acceptors (Lipinski definition) is 7. The van der Waals surface area contributed by atoms with E-state index in [1.807, 2.05) is 20.8 Å². The fourth-order valence-electron chi connectivity index (χ4n) is 5.95. The predicted molar refractivity (Wildman–Crippen MR) is 163 cm³/mol. The van der Waals surface area contributed by atoms with Crippen LogP contribution in [0.4, 0.5) is 19.5 Å². The first kappa shape index (κ1) is 31.1. The van der Waals surface area contributed by atoms with Gasteiger partial charge in [0.2, 0.25) is 12.4 Å². The number of aliphatic hydroxyl groups excluding tert-OH is 1. The number of aromatic nitrogens is 3. The number of fused-ring (bicyclic) bond motifs is 1. The summed E-state index contributed by atoms with van der Waals surface area (Å²) in [6, 6.07) is 8.24. The Kier molecular flexibility index (Phi) is 9.51. The summed E-state index contributed by atoms with van der Waals surface area (Å²) in [6.07, 6.45) is 3.87. The number of aliphatic hydroxyl groups is 1. The topological polar surface area (TPSA) is 95.8 Å². The molecule has 43 heavy (non-hydrogen) atoms. The zero-order chi connectivity index (χ0) is 30.7. The molecule has 5 rings (SSSR count). The van der Waals surface area contributed by atoms with Gasteiger partial charge in [-0.3, -0.25) is 4.90 Å². The van der Waals surface area contributed by atoms with Crippen molar-refractivity contribution < 1.29 is 23.4 Å². The molecule has 0 bridgehead atoms. The first-order valence-electron chi connectivity index (χ1n) is 15.3. The molecule has 1 aliphatic carbocycles. The van der Waals surface area contributed by atoms with Crippen LogP contribution >= 0.6 is 0 Å². The van der Waals surface area contributed by atoms with Gasteiger partial charge in [-0.1, -0.05) is 24.3 Å². The van der Waals surface area contributed by atoms with Crippen LogP contribution in [0.1, 0.15) is 71.4 Å². The lowest BCUT2D eigenvalue weighted by Gasteiger charge is -2.35. The third-order valence-electron chi connectivity index (χ3n) is 8.23. The number of alkyl halides is 2. The molecule has 0 spiro atoms. The Morgan fingerprint density at radius 1 is 1.09 bits per heavy atom. The van der Waals surface area contributed by atoms with E-state index in [-0.39, 0.29) is 24.7 Å². The van der Waals surface area contributed by atoms with E-state index in [4.69, 9.17) is 9.72 Å². The number of nitrogens with one attached hydrogen (secondary N) is 1. The highest BCUT2D eigenvalue weighted by molar-refractivity contribution is 5.94. The van der Waals surface area contributed by atoms with E-state index in [2.05, 4.69) is 50.2 Å². The Hall–Kier alpha value is -3.31. The predicted octanol–water partition coefficient (Wildman–Crippen LogP) is 6.08. The number of nitrogens with zero attached hydrogens (tertiary/aromatic N) is 5. The monoisotopic (exact) mass is 598 g/mol. The van der Waals surface area contributed by atoms with E-state index in [0.29, 0.717) is 19.0 Å². The lowest BCUT2D eigenvalue weighted by molar-refractivity contribution is 0.0139.